The highest BCUT2D eigenvalue weighted by Gasteiger charge is 2.38. The summed E-state index contributed by atoms with van der Waals surface area (Å²) < 4.78 is 0. The van der Waals surface area contributed by atoms with Crippen molar-refractivity contribution in [1.29, 1.82) is 16.2 Å². The van der Waals surface area contributed by atoms with Gasteiger partial charge in [0.2, 0.25) is 16.2 Å². The number of nitrogens with zero attached hydrogens (tertiary/aromatic N) is 9. The first-order valence-corrected chi connectivity index (χ1v) is 36.5. The molecule has 3 aliphatic rings. The lowest BCUT2D eigenvalue weighted by atomic mass is 9.79. The molecule has 0 bridgehead atoms. The van der Waals surface area contributed by atoms with E-state index < -0.39 is 0 Å². The maximum Gasteiger partial charge on any atom is 0.400 e. The van der Waals surface area contributed by atoms with Crippen molar-refractivity contribution in [2.75, 3.05) is 15.2 Å². The molecule has 0 aromatic heterocycles. The van der Waals surface area contributed by atoms with Crippen LogP contribution in [0.1, 0.15) is 241 Å². The van der Waals surface area contributed by atoms with Gasteiger partial charge in [-0.2, -0.15) is 0 Å². The molecule has 0 aliphatic carbocycles. The van der Waals surface area contributed by atoms with Gasteiger partial charge in [0.15, 0.2) is 14.9 Å². The number of anilines is 6. The molecule has 0 amide bonds. The summed E-state index contributed by atoms with van der Waals surface area (Å²) in [4.78, 5) is 12.0. The summed E-state index contributed by atoms with van der Waals surface area (Å²) in [6, 6.07) is 63.6. The summed E-state index contributed by atoms with van der Waals surface area (Å²) in [6.07, 6.45) is 0. The standard InChI is InChI=1S/C96H87N9O3/c1-91(2,3)67-37-43-79-73(52-67)85(74-53-68(92(4,5)6)38-44-80(74)103(79)106)88(100-97)64-31-25-58(26-32-64)19-22-61-49-62(23-20-59-27-33-65(34-28-59)89(101-98)86-75-54-69(93(7,8)9)39-45-81(75)104(107)82-46-40-70(55-76(82)86)94(10,11)12)51-63(50-61)24-21-60-29-35-66(36-30-60)90(102-99)87-77-56-71(95(13,14)15)41-47-83(77)105(108)84-48-42-72(57-78(84)87)96(16,17)18/h25-57H,1-18H3. The Labute approximate surface area is 635 Å². The normalized spacial score (nSPS) is 13.1. The van der Waals surface area contributed by atoms with E-state index in [4.69, 9.17) is 0 Å². The summed E-state index contributed by atoms with van der Waals surface area (Å²) >= 11 is 0. The maximum atomic E-state index is 14.2. The fourth-order valence-electron chi connectivity index (χ4n) is 14.0. The Morgan fingerprint density at radius 3 is 0.565 bits per heavy atom. The van der Waals surface area contributed by atoms with Crippen molar-refractivity contribution in [3.05, 3.63) is 348 Å². The Balaban J connectivity index is 0.898. The van der Waals surface area contributed by atoms with Crippen LogP contribution in [-0.2, 0) is 32.5 Å². The van der Waals surface area contributed by atoms with Crippen LogP contribution >= 0.6 is 0 Å². The average molecular weight is 1410 g/mol. The topological polar surface area (TPSA) is 163 Å². The van der Waals surface area contributed by atoms with Crippen molar-refractivity contribution < 1.29 is 0 Å². The third-order valence-corrected chi connectivity index (χ3v) is 20.6. The molecule has 0 spiro atoms. The van der Waals surface area contributed by atoms with Crippen molar-refractivity contribution in [2.24, 2.45) is 0 Å². The zero-order valence-electron chi connectivity index (χ0n) is 64.8. The van der Waals surface area contributed by atoms with E-state index in [0.29, 0.717) is 151 Å². The second kappa shape index (κ2) is 27.5. The molecule has 108 heavy (non-hydrogen) atoms. The summed E-state index contributed by atoms with van der Waals surface area (Å²) in [6.45, 7) is 38.3. The molecule has 534 valence electrons. The van der Waals surface area contributed by atoms with Gasteiger partial charge in [0.05, 0.1) is 33.4 Å². The second-order valence-corrected chi connectivity index (χ2v) is 34.5. The molecule has 12 nitrogen and oxygen atoms in total. The first-order valence-electron chi connectivity index (χ1n) is 36.5. The van der Waals surface area contributed by atoms with Gasteiger partial charge in [-0.05, 0) is 230 Å². The van der Waals surface area contributed by atoms with E-state index in [-0.39, 0.29) is 32.5 Å². The monoisotopic (exact) mass is 1410 g/mol. The quantitative estimate of drug-likeness (QED) is 0.124. The van der Waals surface area contributed by atoms with Crippen molar-refractivity contribution in [2.45, 2.75) is 157 Å². The van der Waals surface area contributed by atoms with Gasteiger partial charge in [-0.15, -0.1) is 0 Å². The minimum atomic E-state index is -0.241. The summed E-state index contributed by atoms with van der Waals surface area (Å²) in [5.74, 6) is 20.3. The van der Waals surface area contributed by atoms with E-state index in [1.54, 1.807) is 0 Å². The van der Waals surface area contributed by atoms with Gasteiger partial charge in [0.25, 0.3) is 0 Å². The lowest BCUT2D eigenvalue weighted by Crippen LogP contribution is -2.20. The molecule has 3 aliphatic heterocycles. The van der Waals surface area contributed by atoms with Crippen LogP contribution in [0.5, 0.6) is 0 Å². The van der Waals surface area contributed by atoms with Crippen molar-refractivity contribution >= 4 is 67.9 Å². The highest BCUT2D eigenvalue weighted by atomic mass is 16.5. The van der Waals surface area contributed by atoms with E-state index in [0.717, 1.165) is 48.6 Å². The van der Waals surface area contributed by atoms with Gasteiger partial charge in [-0.1, -0.05) is 197 Å². The minimum absolute atomic E-state index is 0.241. The predicted octanol–water partition coefficient (Wildman–Crippen LogP) is 24.8. The van der Waals surface area contributed by atoms with Crippen LogP contribution in [0.25, 0.3) is 48.7 Å². The Kier molecular flexibility index (Phi) is 18.8. The fourth-order valence-corrected chi connectivity index (χ4v) is 14.0. The molecular weight excluding hydrogens is 1330 g/mol. The lowest BCUT2D eigenvalue weighted by Gasteiger charge is -2.40. The second-order valence-electron chi connectivity index (χ2n) is 34.5. The van der Waals surface area contributed by atoms with Crippen LogP contribution < -0.4 is 15.2 Å². The smallest absolute Gasteiger partial charge is 0.400 e. The Bertz CT molecular complexity index is 5040. The first-order chi connectivity index (χ1) is 50.9. The van der Waals surface area contributed by atoms with E-state index in [1.807, 2.05) is 200 Å². The Hall–Kier alpha value is -12.4. The molecule has 0 unspecified atom stereocenters. The molecule has 0 N–H and O–H groups in total. The minimum Gasteiger partial charge on any atom is -0.754 e. The highest BCUT2D eigenvalue weighted by Crippen LogP contribution is 2.54. The average Bonchev–Trinajstić information content (AvgIpc) is 0.744. The van der Waals surface area contributed by atoms with Crippen LogP contribution in [0.3, 0.4) is 0 Å². The molecule has 3 heterocycles. The Morgan fingerprint density at radius 1 is 0.241 bits per heavy atom. The van der Waals surface area contributed by atoms with Gasteiger partial charge >= 0.3 is 17.1 Å². The first kappa shape index (κ1) is 73.9. The van der Waals surface area contributed by atoms with Crippen LogP contribution in [0, 0.1) is 67.3 Å². The zero-order chi connectivity index (χ0) is 77.5. The van der Waals surface area contributed by atoms with E-state index in [9.17, 15) is 31.8 Å². The fraction of sp³-hybridized carbons (Fsp3) is 0.250. The third kappa shape index (κ3) is 14.4. The summed E-state index contributed by atoms with van der Waals surface area (Å²) in [5, 5.41) is 79.0. The van der Waals surface area contributed by atoms with E-state index in [2.05, 4.69) is 175 Å². The van der Waals surface area contributed by atoms with Crippen LogP contribution in [0.15, 0.2) is 200 Å². The van der Waals surface area contributed by atoms with Gasteiger partial charge in [-0.25, -0.2) is 0 Å². The summed E-state index contributed by atoms with van der Waals surface area (Å²) in [5.41, 5.74) is 20.2. The number of fused-ring (bicyclic) bond motifs is 6. The number of rotatable bonds is 3. The molecule has 13 rings (SSSR count). The van der Waals surface area contributed by atoms with E-state index >= 15 is 0 Å². The lowest BCUT2D eigenvalue weighted by molar-refractivity contribution is 0.589. The number of hydrogen-bond donors (Lipinski definition) is 0. The van der Waals surface area contributed by atoms with Crippen molar-refractivity contribution in [1.82, 2.24) is 0 Å². The molecule has 0 radical (unpaired) electrons. The van der Waals surface area contributed by atoms with Crippen LogP contribution in [0.4, 0.5) is 34.1 Å². The van der Waals surface area contributed by atoms with Gasteiger partial charge in [0.1, 0.15) is 0 Å². The molecule has 10 aromatic carbocycles. The SMILES string of the molecule is CC(C)(C)c1ccc2c(c1)C(=C([N+]#N)c1ccc(C#Cc3cc(C#Cc4ccc(C([N+]#N)=C5c6cc(C(C)(C)C)ccc6N([O-])c6ccc(C(C)(C)C)cc65)cc4)cc(C#Cc4ccc(C([N+]#N)=C5c6cc(C(C)(C)C)ccc6N([O-])c6ccc(C(C)(C)C)cc65)cc4)c3)cc1)c1cc(C(C)(C)C)ccc1N2[O-]. The van der Waals surface area contributed by atoms with Gasteiger partial charge in [-0.3, -0.25) is 0 Å². The number of hydrogen-bond acceptors (Lipinski definition) is 9. The number of diazo groups is 3. The molecular formula is C96H87N9O3. The molecule has 0 fully saturated rings. The molecule has 10 aromatic rings. The largest absolute Gasteiger partial charge is 0.754 e. The molecule has 0 saturated heterocycles. The highest BCUT2D eigenvalue weighted by molar-refractivity contribution is 6.12. The third-order valence-electron chi connectivity index (χ3n) is 20.6. The van der Waals surface area contributed by atoms with E-state index in [1.165, 1.54) is 0 Å². The predicted molar refractivity (Wildman–Crippen MR) is 444 cm³/mol. The number of benzene rings is 10. The molecule has 0 saturated carbocycles. The molecule has 12 heteroatoms. The molecule has 0 atom stereocenters. The van der Waals surface area contributed by atoms with Crippen LogP contribution in [-0.4, -0.2) is 0 Å². The van der Waals surface area contributed by atoms with Gasteiger partial charge in [0, 0.05) is 101 Å². The van der Waals surface area contributed by atoms with Gasteiger partial charge < -0.3 is 30.8 Å². The van der Waals surface area contributed by atoms with Crippen molar-refractivity contribution in [3.63, 3.8) is 0 Å². The van der Waals surface area contributed by atoms with Crippen molar-refractivity contribution in [3.8, 4) is 35.5 Å². The Morgan fingerprint density at radius 2 is 0.407 bits per heavy atom. The maximum absolute atomic E-state index is 14.2. The van der Waals surface area contributed by atoms with Crippen LogP contribution in [0.2, 0.25) is 0 Å². The zero-order valence-corrected chi connectivity index (χ0v) is 64.8. The summed E-state index contributed by atoms with van der Waals surface area (Å²) in [7, 11) is 0.